The number of amides is 1. The molecule has 1 aromatic carbocycles. The third kappa shape index (κ3) is 7.57. The molecule has 9 nitrogen and oxygen atoms in total. The molecule has 1 heterocycles. The molecule has 2 aromatic rings. The first-order chi connectivity index (χ1) is 12.8. The molecule has 1 unspecified atom stereocenters. The Balaban J connectivity index is 1.89. The lowest BCUT2D eigenvalue weighted by Gasteiger charge is -2.18. The van der Waals surface area contributed by atoms with Crippen LogP contribution in [-0.4, -0.2) is 55.2 Å². The minimum absolute atomic E-state index is 0.0101. The lowest BCUT2D eigenvalue weighted by molar-refractivity contribution is -0.121. The highest BCUT2D eigenvalue weighted by molar-refractivity contribution is 7.99. The molecule has 0 saturated carbocycles. The Labute approximate surface area is 162 Å². The Hall–Kier alpha value is -2.11. The van der Waals surface area contributed by atoms with Gasteiger partial charge in [0.05, 0.1) is 19.4 Å². The van der Waals surface area contributed by atoms with Gasteiger partial charge in [-0.05, 0) is 24.6 Å². The molecule has 1 aromatic heterocycles. The number of aryl methyl sites for hydroxylation is 1. The molecule has 0 radical (unpaired) electrons. The normalized spacial score (nSPS) is 12.6. The molecule has 3 N–H and O–H groups in total. The number of rotatable bonds is 10. The van der Waals surface area contributed by atoms with Gasteiger partial charge in [-0.3, -0.25) is 9.89 Å². The number of nitrogens with zero attached hydrogens (tertiary/aromatic N) is 2. The molecular weight excluding hydrogens is 390 g/mol. The van der Waals surface area contributed by atoms with E-state index < -0.39 is 16.1 Å². The highest BCUT2D eigenvalue weighted by Gasteiger charge is 2.19. The van der Waals surface area contributed by atoms with Crippen LogP contribution >= 0.6 is 11.8 Å². The minimum atomic E-state index is -3.48. The van der Waals surface area contributed by atoms with Crippen LogP contribution in [-0.2, 0) is 14.8 Å². The highest BCUT2D eigenvalue weighted by Crippen LogP contribution is 2.21. The predicted molar refractivity (Wildman–Crippen MR) is 103 cm³/mol. The lowest BCUT2D eigenvalue weighted by atomic mass is 10.0. The molecule has 27 heavy (non-hydrogen) atoms. The Morgan fingerprint density at radius 3 is 2.59 bits per heavy atom. The molecule has 1 atom stereocenters. The number of hydrogen-bond donors (Lipinski definition) is 3. The van der Waals surface area contributed by atoms with Gasteiger partial charge in [0.25, 0.3) is 0 Å². The molecule has 11 heteroatoms. The van der Waals surface area contributed by atoms with Crippen molar-refractivity contribution in [1.82, 2.24) is 25.2 Å². The van der Waals surface area contributed by atoms with E-state index in [0.717, 1.165) is 12.1 Å². The fraction of sp³-hybridized carbons (Fsp3) is 0.438. The van der Waals surface area contributed by atoms with Crippen molar-refractivity contribution < 1.29 is 17.9 Å². The molecule has 0 saturated heterocycles. The summed E-state index contributed by atoms with van der Waals surface area (Å²) in [6.45, 7) is 2.23. The van der Waals surface area contributed by atoms with E-state index in [0.29, 0.717) is 28.8 Å². The van der Waals surface area contributed by atoms with Crippen molar-refractivity contribution in [2.24, 2.45) is 0 Å². The zero-order valence-electron chi connectivity index (χ0n) is 15.4. The molecule has 0 aliphatic rings. The molecular formula is C16H23N5O4S2. The number of benzene rings is 1. The first kappa shape index (κ1) is 21.2. The first-order valence-electron chi connectivity index (χ1n) is 8.16. The maximum Gasteiger partial charge on any atom is 0.221 e. The van der Waals surface area contributed by atoms with Gasteiger partial charge in [0.2, 0.25) is 21.1 Å². The number of H-pyrrole nitrogens is 1. The quantitative estimate of drug-likeness (QED) is 0.392. The van der Waals surface area contributed by atoms with Gasteiger partial charge in [0, 0.05) is 18.7 Å². The number of nitrogens with one attached hydrogen (secondary N) is 3. The van der Waals surface area contributed by atoms with Crippen LogP contribution in [0.25, 0.3) is 0 Å². The summed E-state index contributed by atoms with van der Waals surface area (Å²) >= 11 is 1.42. The van der Waals surface area contributed by atoms with E-state index in [1.54, 1.807) is 31.4 Å². The summed E-state index contributed by atoms with van der Waals surface area (Å²) in [6.07, 6.45) is 1.06. The lowest BCUT2D eigenvalue weighted by Crippen LogP contribution is -2.34. The van der Waals surface area contributed by atoms with Crippen LogP contribution in [0, 0.1) is 6.92 Å². The van der Waals surface area contributed by atoms with Crippen molar-refractivity contribution in [3.63, 3.8) is 0 Å². The summed E-state index contributed by atoms with van der Waals surface area (Å²) in [5.41, 5.74) is 0.682. The molecule has 2 rings (SSSR count). The molecule has 0 aliphatic heterocycles. The summed E-state index contributed by atoms with van der Waals surface area (Å²) < 4.78 is 30.9. The Kier molecular flexibility index (Phi) is 7.63. The standard InChI is InChI=1S/C16H23N5O4S2/c1-11-18-16(20-19-11)26-9-8-17-15(22)10-14(21-27(3,23)24)12-4-6-13(25-2)7-5-12/h4-7,14,21H,8-10H2,1-3H3,(H,17,22)(H,18,19,20). The number of methoxy groups -OCH3 is 1. The van der Waals surface area contributed by atoms with Crippen LogP contribution in [0.15, 0.2) is 29.4 Å². The SMILES string of the molecule is COc1ccc(C(CC(=O)NCCSc2n[nH]c(C)n2)NS(C)(=O)=O)cc1. The summed E-state index contributed by atoms with van der Waals surface area (Å²) in [6, 6.07) is 6.25. The predicted octanol–water partition coefficient (Wildman–Crippen LogP) is 1.01. The number of thioether (sulfide) groups is 1. The van der Waals surface area contributed by atoms with Crippen LogP contribution in [0.1, 0.15) is 23.9 Å². The third-order valence-corrected chi connectivity index (χ3v) is 5.06. The van der Waals surface area contributed by atoms with Gasteiger partial charge in [-0.2, -0.15) is 0 Å². The number of carbonyl (C=O) groups is 1. The van der Waals surface area contributed by atoms with Crippen LogP contribution in [0.3, 0.4) is 0 Å². The van der Waals surface area contributed by atoms with Crippen LogP contribution < -0.4 is 14.8 Å². The second-order valence-electron chi connectivity index (χ2n) is 5.82. The van der Waals surface area contributed by atoms with Crippen LogP contribution in [0.4, 0.5) is 0 Å². The fourth-order valence-corrected chi connectivity index (χ4v) is 3.73. The molecule has 0 aliphatic carbocycles. The van der Waals surface area contributed by atoms with Gasteiger partial charge >= 0.3 is 0 Å². The molecule has 0 fully saturated rings. The van der Waals surface area contributed by atoms with Crippen molar-refractivity contribution in [2.75, 3.05) is 25.7 Å². The van der Waals surface area contributed by atoms with Crippen molar-refractivity contribution in [3.8, 4) is 5.75 Å². The molecule has 0 bridgehead atoms. The number of hydrogen-bond acceptors (Lipinski definition) is 7. The van der Waals surface area contributed by atoms with Gasteiger partial charge in [-0.15, -0.1) is 5.10 Å². The minimum Gasteiger partial charge on any atom is -0.497 e. The van der Waals surface area contributed by atoms with E-state index in [1.165, 1.54) is 11.8 Å². The highest BCUT2D eigenvalue weighted by atomic mass is 32.2. The Morgan fingerprint density at radius 1 is 1.33 bits per heavy atom. The smallest absolute Gasteiger partial charge is 0.221 e. The zero-order chi connectivity index (χ0) is 19.9. The third-order valence-electron chi connectivity index (χ3n) is 3.50. The topological polar surface area (TPSA) is 126 Å². The number of aromatic nitrogens is 3. The monoisotopic (exact) mass is 413 g/mol. The van der Waals surface area contributed by atoms with E-state index >= 15 is 0 Å². The van der Waals surface area contributed by atoms with Crippen molar-refractivity contribution >= 4 is 27.7 Å². The van der Waals surface area contributed by atoms with Gasteiger partial charge in [-0.1, -0.05) is 23.9 Å². The van der Waals surface area contributed by atoms with E-state index in [4.69, 9.17) is 4.74 Å². The van der Waals surface area contributed by atoms with Gasteiger partial charge in [0.1, 0.15) is 11.6 Å². The second-order valence-corrected chi connectivity index (χ2v) is 8.66. The molecule has 148 valence electrons. The van der Waals surface area contributed by atoms with E-state index in [-0.39, 0.29) is 12.3 Å². The zero-order valence-corrected chi connectivity index (χ0v) is 17.0. The number of aromatic amines is 1. The number of ether oxygens (including phenoxy) is 1. The van der Waals surface area contributed by atoms with Crippen molar-refractivity contribution in [1.29, 1.82) is 0 Å². The summed E-state index contributed by atoms with van der Waals surface area (Å²) in [5.74, 6) is 1.74. The van der Waals surface area contributed by atoms with E-state index in [9.17, 15) is 13.2 Å². The van der Waals surface area contributed by atoms with Crippen molar-refractivity contribution in [2.45, 2.75) is 24.5 Å². The van der Waals surface area contributed by atoms with Gasteiger partial charge < -0.3 is 10.1 Å². The van der Waals surface area contributed by atoms with Crippen LogP contribution in [0.5, 0.6) is 5.75 Å². The second kappa shape index (κ2) is 9.72. The maximum atomic E-state index is 12.2. The summed E-state index contributed by atoms with van der Waals surface area (Å²) in [4.78, 5) is 16.4. The van der Waals surface area contributed by atoms with Gasteiger partial charge in [-0.25, -0.2) is 18.1 Å². The van der Waals surface area contributed by atoms with E-state index in [2.05, 4.69) is 25.2 Å². The van der Waals surface area contributed by atoms with Gasteiger partial charge in [0.15, 0.2) is 0 Å². The average molecular weight is 414 g/mol. The fourth-order valence-electron chi connectivity index (χ4n) is 2.30. The van der Waals surface area contributed by atoms with E-state index in [1.807, 2.05) is 6.92 Å². The Morgan fingerprint density at radius 2 is 2.04 bits per heavy atom. The number of carbonyl (C=O) groups excluding carboxylic acids is 1. The Bertz CT molecular complexity index is 852. The average Bonchev–Trinajstić information content (AvgIpc) is 3.02. The first-order valence-corrected chi connectivity index (χ1v) is 11.0. The molecule has 1 amide bonds. The number of sulfonamides is 1. The maximum absolute atomic E-state index is 12.2. The largest absolute Gasteiger partial charge is 0.497 e. The summed E-state index contributed by atoms with van der Waals surface area (Å²) in [5, 5.41) is 10.2. The van der Waals surface area contributed by atoms with Crippen molar-refractivity contribution in [3.05, 3.63) is 35.7 Å². The summed E-state index contributed by atoms with van der Waals surface area (Å²) in [7, 11) is -1.93. The molecule has 0 spiro atoms. The van der Waals surface area contributed by atoms with Crippen LogP contribution in [0.2, 0.25) is 0 Å².